The van der Waals surface area contributed by atoms with Crippen molar-refractivity contribution < 1.29 is 9.59 Å². The van der Waals surface area contributed by atoms with Gasteiger partial charge in [-0.1, -0.05) is 47.1 Å². The molecule has 0 radical (unpaired) electrons. The lowest BCUT2D eigenvalue weighted by molar-refractivity contribution is -0.116. The van der Waals surface area contributed by atoms with Crippen molar-refractivity contribution in [1.82, 2.24) is 14.8 Å². The predicted molar refractivity (Wildman–Crippen MR) is 129 cm³/mol. The number of halogens is 1. The Labute approximate surface area is 197 Å². The summed E-state index contributed by atoms with van der Waals surface area (Å²) in [4.78, 5) is 24.9. The maximum atomic E-state index is 12.6. The number of hydrogen-bond acceptors (Lipinski definition) is 5. The molecule has 32 heavy (non-hydrogen) atoms. The van der Waals surface area contributed by atoms with E-state index in [2.05, 4.69) is 20.8 Å². The van der Waals surface area contributed by atoms with Gasteiger partial charge in [-0.2, -0.15) is 0 Å². The summed E-state index contributed by atoms with van der Waals surface area (Å²) in [7, 11) is 0. The third-order valence-corrected chi connectivity index (χ3v) is 6.09. The molecule has 168 valence electrons. The number of benzene rings is 2. The van der Waals surface area contributed by atoms with Crippen LogP contribution in [-0.2, 0) is 22.6 Å². The van der Waals surface area contributed by atoms with E-state index < -0.39 is 0 Å². The van der Waals surface area contributed by atoms with Crippen molar-refractivity contribution in [1.29, 1.82) is 0 Å². The molecule has 0 atom stereocenters. The van der Waals surface area contributed by atoms with Crippen molar-refractivity contribution in [2.45, 2.75) is 45.8 Å². The van der Waals surface area contributed by atoms with Gasteiger partial charge in [0.2, 0.25) is 11.8 Å². The third kappa shape index (κ3) is 6.11. The van der Waals surface area contributed by atoms with Crippen molar-refractivity contribution >= 4 is 46.6 Å². The van der Waals surface area contributed by atoms with Crippen LogP contribution in [0.5, 0.6) is 0 Å². The molecule has 0 aliphatic carbocycles. The summed E-state index contributed by atoms with van der Waals surface area (Å²) in [6, 6.07) is 11.2. The highest BCUT2D eigenvalue weighted by Crippen LogP contribution is 2.22. The molecule has 2 amide bonds. The highest BCUT2D eigenvalue weighted by molar-refractivity contribution is 7.99. The third-order valence-electron chi connectivity index (χ3n) is 4.89. The summed E-state index contributed by atoms with van der Waals surface area (Å²) in [5, 5.41) is 15.3. The van der Waals surface area contributed by atoms with Crippen LogP contribution in [0.2, 0.25) is 5.02 Å². The van der Waals surface area contributed by atoms with E-state index in [-0.39, 0.29) is 24.0 Å². The molecule has 0 aliphatic rings. The lowest BCUT2D eigenvalue weighted by Crippen LogP contribution is -2.18. The zero-order chi connectivity index (χ0) is 23.3. The number of aryl methyl sites for hydroxylation is 3. The highest BCUT2D eigenvalue weighted by Gasteiger charge is 2.17. The predicted octanol–water partition coefficient (Wildman–Crippen LogP) is 4.79. The first-order chi connectivity index (χ1) is 15.3. The number of nitrogens with zero attached hydrogens (tertiary/aromatic N) is 3. The average Bonchev–Trinajstić information content (AvgIpc) is 3.12. The summed E-state index contributed by atoms with van der Waals surface area (Å²) < 4.78 is 1.85. The standard InChI is InChI=1S/C23H26ClN5O2S/c1-5-29-20(12-21(30)25-18-9-6-14(2)10-16(18)4)27-28-23(29)32-13-22(31)26-19-11-17(24)8-7-15(19)3/h6-11H,5,12-13H2,1-4H3,(H,25,30)(H,26,31). The minimum atomic E-state index is -0.167. The number of carbonyl (C=O) groups excluding carboxylic acids is 2. The van der Waals surface area contributed by atoms with Crippen LogP contribution >= 0.6 is 23.4 Å². The Kier molecular flexibility index (Phi) is 7.93. The van der Waals surface area contributed by atoms with E-state index in [1.54, 1.807) is 12.1 Å². The van der Waals surface area contributed by atoms with Gasteiger partial charge in [-0.25, -0.2) is 0 Å². The molecule has 2 aromatic carbocycles. The first kappa shape index (κ1) is 23.8. The van der Waals surface area contributed by atoms with Crippen LogP contribution in [0.1, 0.15) is 29.4 Å². The van der Waals surface area contributed by atoms with Crippen molar-refractivity contribution in [3.8, 4) is 0 Å². The molecule has 0 aliphatic heterocycles. The van der Waals surface area contributed by atoms with Gasteiger partial charge in [0.15, 0.2) is 5.16 Å². The number of hydrogen-bond donors (Lipinski definition) is 2. The fourth-order valence-electron chi connectivity index (χ4n) is 3.21. The Morgan fingerprint density at radius 3 is 2.44 bits per heavy atom. The summed E-state index contributed by atoms with van der Waals surface area (Å²) in [5.74, 6) is 0.395. The number of anilines is 2. The molecule has 0 saturated carbocycles. The van der Waals surface area contributed by atoms with Crippen LogP contribution in [0.4, 0.5) is 11.4 Å². The topological polar surface area (TPSA) is 88.9 Å². The molecule has 1 heterocycles. The first-order valence-electron chi connectivity index (χ1n) is 10.2. The minimum absolute atomic E-state index is 0.0998. The van der Waals surface area contributed by atoms with Crippen LogP contribution in [0.25, 0.3) is 0 Å². The largest absolute Gasteiger partial charge is 0.325 e. The quantitative estimate of drug-likeness (QED) is 0.461. The van der Waals surface area contributed by atoms with Gasteiger partial charge in [-0.15, -0.1) is 10.2 Å². The molecule has 9 heteroatoms. The molecular formula is C23H26ClN5O2S. The lowest BCUT2D eigenvalue weighted by atomic mass is 10.1. The van der Waals surface area contributed by atoms with E-state index in [0.717, 1.165) is 22.4 Å². The lowest BCUT2D eigenvalue weighted by Gasteiger charge is -2.11. The van der Waals surface area contributed by atoms with Crippen LogP contribution in [0.15, 0.2) is 41.6 Å². The smallest absolute Gasteiger partial charge is 0.234 e. The summed E-state index contributed by atoms with van der Waals surface area (Å²) >= 11 is 7.29. The number of aromatic nitrogens is 3. The van der Waals surface area contributed by atoms with Crippen molar-refractivity contribution in [3.63, 3.8) is 0 Å². The SMILES string of the molecule is CCn1c(CC(=O)Nc2ccc(C)cc2C)nnc1SCC(=O)Nc1cc(Cl)ccc1C. The maximum Gasteiger partial charge on any atom is 0.234 e. The van der Waals surface area contributed by atoms with Gasteiger partial charge < -0.3 is 15.2 Å². The highest BCUT2D eigenvalue weighted by atomic mass is 35.5. The monoisotopic (exact) mass is 471 g/mol. The number of nitrogens with one attached hydrogen (secondary N) is 2. The molecular weight excluding hydrogens is 446 g/mol. The van der Waals surface area contributed by atoms with E-state index in [9.17, 15) is 9.59 Å². The van der Waals surface area contributed by atoms with Gasteiger partial charge in [0, 0.05) is 22.9 Å². The normalized spacial score (nSPS) is 10.8. The Balaban J connectivity index is 1.61. The molecule has 0 saturated heterocycles. The molecule has 7 nitrogen and oxygen atoms in total. The summed E-state index contributed by atoms with van der Waals surface area (Å²) in [6.07, 6.45) is 0.0998. The zero-order valence-electron chi connectivity index (χ0n) is 18.5. The van der Waals surface area contributed by atoms with Crippen LogP contribution in [0.3, 0.4) is 0 Å². The Bertz CT molecular complexity index is 1150. The summed E-state index contributed by atoms with van der Waals surface area (Å²) in [5.41, 5.74) is 4.55. The van der Waals surface area contributed by atoms with E-state index in [1.165, 1.54) is 11.8 Å². The second-order valence-corrected chi connectivity index (χ2v) is 8.86. The Morgan fingerprint density at radius 1 is 0.969 bits per heavy atom. The van der Waals surface area contributed by atoms with Crippen LogP contribution < -0.4 is 10.6 Å². The Morgan fingerprint density at radius 2 is 1.72 bits per heavy atom. The minimum Gasteiger partial charge on any atom is -0.325 e. The van der Waals surface area contributed by atoms with Crippen LogP contribution in [0, 0.1) is 20.8 Å². The van der Waals surface area contributed by atoms with Gasteiger partial charge in [0.1, 0.15) is 5.82 Å². The van der Waals surface area contributed by atoms with Gasteiger partial charge >= 0.3 is 0 Å². The van der Waals surface area contributed by atoms with Gasteiger partial charge in [0.25, 0.3) is 0 Å². The van der Waals surface area contributed by atoms with E-state index in [0.29, 0.717) is 28.2 Å². The molecule has 3 aromatic rings. The molecule has 0 unspecified atom stereocenters. The fourth-order valence-corrected chi connectivity index (χ4v) is 4.20. The van der Waals surface area contributed by atoms with E-state index >= 15 is 0 Å². The van der Waals surface area contributed by atoms with Crippen molar-refractivity contribution in [2.24, 2.45) is 0 Å². The Hall–Kier alpha value is -2.84. The summed E-state index contributed by atoms with van der Waals surface area (Å²) in [6.45, 7) is 8.42. The zero-order valence-corrected chi connectivity index (χ0v) is 20.1. The van der Waals surface area contributed by atoms with Crippen molar-refractivity contribution in [2.75, 3.05) is 16.4 Å². The number of carbonyl (C=O) groups is 2. The van der Waals surface area contributed by atoms with Gasteiger partial charge in [0.05, 0.1) is 12.2 Å². The van der Waals surface area contributed by atoms with E-state index in [1.807, 2.05) is 56.5 Å². The molecule has 0 fully saturated rings. The number of rotatable bonds is 8. The second kappa shape index (κ2) is 10.7. The van der Waals surface area contributed by atoms with Gasteiger partial charge in [-0.05, 0) is 57.0 Å². The molecule has 0 spiro atoms. The molecule has 3 rings (SSSR count). The number of thioether (sulfide) groups is 1. The first-order valence-corrected chi connectivity index (χ1v) is 11.6. The van der Waals surface area contributed by atoms with Crippen molar-refractivity contribution in [3.05, 3.63) is 63.9 Å². The van der Waals surface area contributed by atoms with Gasteiger partial charge in [-0.3, -0.25) is 9.59 Å². The maximum absolute atomic E-state index is 12.6. The molecule has 1 aromatic heterocycles. The number of amides is 2. The van der Waals surface area contributed by atoms with E-state index in [4.69, 9.17) is 11.6 Å². The fraction of sp³-hybridized carbons (Fsp3) is 0.304. The average molecular weight is 472 g/mol. The second-order valence-electron chi connectivity index (χ2n) is 7.48. The molecule has 2 N–H and O–H groups in total. The van der Waals surface area contributed by atoms with Crippen LogP contribution in [-0.4, -0.2) is 32.3 Å². The molecule has 0 bridgehead atoms.